The maximum atomic E-state index is 13.1. The molecule has 0 bridgehead atoms. The molecule has 1 aromatic carbocycles. The van der Waals surface area contributed by atoms with E-state index in [-0.39, 0.29) is 18.0 Å². The topological polar surface area (TPSA) is 47.3 Å². The van der Waals surface area contributed by atoms with Crippen molar-refractivity contribution >= 4 is 0 Å². The van der Waals surface area contributed by atoms with Crippen LogP contribution in [0, 0.1) is 18.7 Å². The minimum absolute atomic E-state index is 0.177. The lowest BCUT2D eigenvalue weighted by atomic mass is 9.87. The van der Waals surface area contributed by atoms with Gasteiger partial charge >= 0.3 is 0 Å². The van der Waals surface area contributed by atoms with E-state index >= 15 is 0 Å². The van der Waals surface area contributed by atoms with Crippen LogP contribution in [0.3, 0.4) is 0 Å². The van der Waals surface area contributed by atoms with Gasteiger partial charge in [0.25, 0.3) is 0 Å². The molecule has 1 fully saturated rings. The van der Waals surface area contributed by atoms with Crippen LogP contribution in [0.15, 0.2) is 18.2 Å². The third-order valence-electron chi connectivity index (χ3n) is 4.14. The van der Waals surface area contributed by atoms with Crippen LogP contribution >= 0.6 is 0 Å². The van der Waals surface area contributed by atoms with Crippen molar-refractivity contribution < 1.29 is 9.13 Å². The van der Waals surface area contributed by atoms with Crippen molar-refractivity contribution in [2.45, 2.75) is 45.3 Å². The van der Waals surface area contributed by atoms with E-state index < -0.39 is 0 Å². The second kappa shape index (κ2) is 6.46. The average molecular weight is 266 g/mol. The fourth-order valence-corrected chi connectivity index (χ4v) is 3.01. The summed E-state index contributed by atoms with van der Waals surface area (Å²) in [7, 11) is 0. The van der Waals surface area contributed by atoms with Gasteiger partial charge in [-0.2, -0.15) is 0 Å². The predicted octanol–water partition coefficient (Wildman–Crippen LogP) is 2.32. The normalized spacial score (nSPS) is 24.6. The zero-order chi connectivity index (χ0) is 13.8. The van der Waals surface area contributed by atoms with Crippen LogP contribution in [0.25, 0.3) is 0 Å². The molecule has 1 aliphatic rings. The minimum Gasteiger partial charge on any atom is -0.378 e. The zero-order valence-electron chi connectivity index (χ0n) is 11.7. The van der Waals surface area contributed by atoms with Gasteiger partial charge in [-0.25, -0.2) is 4.39 Å². The van der Waals surface area contributed by atoms with Gasteiger partial charge < -0.3 is 4.74 Å². The zero-order valence-corrected chi connectivity index (χ0v) is 11.7. The second-order valence-corrected chi connectivity index (χ2v) is 5.32. The molecule has 4 heteroatoms. The number of benzene rings is 1. The maximum Gasteiger partial charge on any atom is 0.123 e. The Kier molecular flexibility index (Phi) is 4.91. The second-order valence-electron chi connectivity index (χ2n) is 5.32. The van der Waals surface area contributed by atoms with E-state index in [0.29, 0.717) is 5.92 Å². The quantitative estimate of drug-likeness (QED) is 0.635. The number of nitrogens with one attached hydrogen (secondary N) is 1. The Morgan fingerprint density at radius 2 is 2.32 bits per heavy atom. The summed E-state index contributed by atoms with van der Waals surface area (Å²) in [5, 5.41) is 0. The largest absolute Gasteiger partial charge is 0.378 e. The van der Waals surface area contributed by atoms with E-state index in [1.165, 1.54) is 6.07 Å². The lowest BCUT2D eigenvalue weighted by Crippen LogP contribution is -2.45. The summed E-state index contributed by atoms with van der Waals surface area (Å²) in [5.41, 5.74) is 5.05. The number of hydrazine groups is 1. The highest BCUT2D eigenvalue weighted by Crippen LogP contribution is 2.28. The molecule has 0 saturated carbocycles. The highest BCUT2D eigenvalue weighted by molar-refractivity contribution is 5.27. The van der Waals surface area contributed by atoms with Crippen molar-refractivity contribution in [3.8, 4) is 0 Å². The molecule has 0 amide bonds. The average Bonchev–Trinajstić information content (AvgIpc) is 2.86. The van der Waals surface area contributed by atoms with Crippen LogP contribution in [0.5, 0.6) is 0 Å². The van der Waals surface area contributed by atoms with Crippen molar-refractivity contribution in [3.05, 3.63) is 35.1 Å². The van der Waals surface area contributed by atoms with Crippen LogP contribution in [0.1, 0.15) is 30.9 Å². The van der Waals surface area contributed by atoms with Crippen molar-refractivity contribution in [3.63, 3.8) is 0 Å². The van der Waals surface area contributed by atoms with E-state index in [1.54, 1.807) is 6.07 Å². The van der Waals surface area contributed by atoms with Gasteiger partial charge in [-0.1, -0.05) is 13.0 Å². The first-order valence-corrected chi connectivity index (χ1v) is 6.98. The summed E-state index contributed by atoms with van der Waals surface area (Å²) >= 11 is 0. The summed E-state index contributed by atoms with van der Waals surface area (Å²) in [6, 6.07) is 5.12. The molecule has 1 aliphatic heterocycles. The summed E-state index contributed by atoms with van der Waals surface area (Å²) in [6.45, 7) is 4.89. The van der Waals surface area contributed by atoms with Gasteiger partial charge in [0.15, 0.2) is 0 Å². The number of aryl methyl sites for hydroxylation is 1. The molecule has 0 aromatic heterocycles. The van der Waals surface area contributed by atoms with Gasteiger partial charge in [-0.05, 0) is 49.4 Å². The number of hydrogen-bond acceptors (Lipinski definition) is 3. The van der Waals surface area contributed by atoms with E-state index in [4.69, 9.17) is 10.6 Å². The fraction of sp³-hybridized carbons (Fsp3) is 0.600. The molecular weight excluding hydrogens is 243 g/mol. The van der Waals surface area contributed by atoms with E-state index in [2.05, 4.69) is 12.3 Å². The van der Waals surface area contributed by atoms with Crippen molar-refractivity contribution in [1.82, 2.24) is 5.43 Å². The predicted molar refractivity (Wildman–Crippen MR) is 74.1 cm³/mol. The Hall–Kier alpha value is -0.970. The van der Waals surface area contributed by atoms with Crippen LogP contribution < -0.4 is 11.3 Å². The van der Waals surface area contributed by atoms with E-state index in [1.807, 2.05) is 13.0 Å². The molecule has 2 rings (SSSR count). The van der Waals surface area contributed by atoms with Crippen LogP contribution in [0.2, 0.25) is 0 Å². The highest BCUT2D eigenvalue weighted by atomic mass is 19.1. The Morgan fingerprint density at radius 1 is 1.53 bits per heavy atom. The first kappa shape index (κ1) is 14.4. The molecule has 3 unspecified atom stereocenters. The van der Waals surface area contributed by atoms with Gasteiger partial charge in [0.05, 0.1) is 6.10 Å². The molecule has 0 aliphatic carbocycles. The Morgan fingerprint density at radius 3 is 2.95 bits per heavy atom. The SMILES string of the molecule is CCC1OCCC1C(Cc1ccc(F)cc1C)NN. The standard InChI is InChI=1S/C15H23FN2O/c1-3-15-13(6-7-19-15)14(18-17)9-11-4-5-12(16)8-10(11)2/h4-5,8,13-15,18H,3,6-7,9,17H2,1-2H3. The first-order valence-electron chi connectivity index (χ1n) is 6.98. The highest BCUT2D eigenvalue weighted by Gasteiger charge is 2.33. The molecule has 19 heavy (non-hydrogen) atoms. The Balaban J connectivity index is 2.10. The molecule has 1 saturated heterocycles. The molecule has 3 N–H and O–H groups in total. The number of hydrogen-bond donors (Lipinski definition) is 2. The first-order chi connectivity index (χ1) is 9.15. The van der Waals surface area contributed by atoms with Gasteiger partial charge in [-0.15, -0.1) is 0 Å². The minimum atomic E-state index is -0.186. The maximum absolute atomic E-state index is 13.1. The lowest BCUT2D eigenvalue weighted by Gasteiger charge is -2.27. The van der Waals surface area contributed by atoms with Crippen LogP contribution in [-0.4, -0.2) is 18.8 Å². The number of ether oxygens (including phenoxy) is 1. The number of nitrogens with two attached hydrogens (primary N) is 1. The molecule has 0 radical (unpaired) electrons. The summed E-state index contributed by atoms with van der Waals surface area (Å²) in [4.78, 5) is 0. The summed E-state index contributed by atoms with van der Waals surface area (Å²) in [6.07, 6.45) is 3.13. The van der Waals surface area contributed by atoms with Crippen molar-refractivity contribution in [1.29, 1.82) is 0 Å². The Labute approximate surface area is 114 Å². The van der Waals surface area contributed by atoms with Crippen molar-refractivity contribution in [2.24, 2.45) is 11.8 Å². The van der Waals surface area contributed by atoms with Gasteiger partial charge in [-0.3, -0.25) is 11.3 Å². The smallest absolute Gasteiger partial charge is 0.123 e. The van der Waals surface area contributed by atoms with E-state index in [9.17, 15) is 4.39 Å². The molecule has 0 spiro atoms. The molecule has 1 aromatic rings. The molecular formula is C15H23FN2O. The summed E-state index contributed by atoms with van der Waals surface area (Å²) < 4.78 is 18.9. The third-order valence-corrected chi connectivity index (χ3v) is 4.14. The Bertz CT molecular complexity index is 425. The van der Waals surface area contributed by atoms with Gasteiger partial charge in [0.2, 0.25) is 0 Å². The molecule has 3 atom stereocenters. The molecule has 1 heterocycles. The van der Waals surface area contributed by atoms with Gasteiger partial charge in [0, 0.05) is 18.6 Å². The van der Waals surface area contributed by atoms with Gasteiger partial charge in [0.1, 0.15) is 5.82 Å². The third kappa shape index (κ3) is 3.32. The summed E-state index contributed by atoms with van der Waals surface area (Å²) in [5.74, 6) is 5.96. The van der Waals surface area contributed by atoms with E-state index in [0.717, 1.165) is 37.0 Å². The molecule has 3 nitrogen and oxygen atoms in total. The monoisotopic (exact) mass is 266 g/mol. The number of rotatable bonds is 5. The number of halogens is 1. The molecule has 106 valence electrons. The van der Waals surface area contributed by atoms with Crippen LogP contribution in [-0.2, 0) is 11.2 Å². The fourth-order valence-electron chi connectivity index (χ4n) is 3.01. The lowest BCUT2D eigenvalue weighted by molar-refractivity contribution is 0.0774. The van der Waals surface area contributed by atoms with Crippen LogP contribution in [0.4, 0.5) is 4.39 Å². The van der Waals surface area contributed by atoms with Crippen molar-refractivity contribution in [2.75, 3.05) is 6.61 Å².